The van der Waals surface area contributed by atoms with Crippen LogP contribution in [0.25, 0.3) is 21.7 Å². The van der Waals surface area contributed by atoms with Crippen molar-refractivity contribution in [3.63, 3.8) is 0 Å². The summed E-state index contributed by atoms with van der Waals surface area (Å²) in [5, 5.41) is 3.03. The Labute approximate surface area is 138 Å². The molecule has 0 saturated carbocycles. The molecule has 4 nitrogen and oxygen atoms in total. The van der Waals surface area contributed by atoms with Crippen LogP contribution in [0, 0.1) is 0 Å². The number of nitrogens with two attached hydrogens (primary N) is 1. The molecule has 0 atom stereocenters. The molecule has 0 bridgehead atoms. The summed E-state index contributed by atoms with van der Waals surface area (Å²) < 4.78 is 11.2. The van der Waals surface area contributed by atoms with Gasteiger partial charge in [0, 0.05) is 22.7 Å². The second-order valence-electron chi connectivity index (χ2n) is 5.61. The standard InChI is InChI=1S/C20H15NO3/c21-15-6-8-16(9-7-15)23-12-14-11-19(22)24-18-10-5-13-3-1-2-4-17(13)20(14)18/h1-11H,12,21H2. The van der Waals surface area contributed by atoms with Crippen molar-refractivity contribution in [1.82, 2.24) is 0 Å². The maximum atomic E-state index is 11.9. The number of benzene rings is 3. The quantitative estimate of drug-likeness (QED) is 0.351. The van der Waals surface area contributed by atoms with Crippen LogP contribution in [0.15, 0.2) is 75.9 Å². The fourth-order valence-electron chi connectivity index (χ4n) is 2.86. The number of hydrogen-bond donors (Lipinski definition) is 1. The Morgan fingerprint density at radius 2 is 1.75 bits per heavy atom. The second kappa shape index (κ2) is 5.74. The molecular formula is C20H15NO3. The molecule has 3 aromatic carbocycles. The Morgan fingerprint density at radius 1 is 0.958 bits per heavy atom. The SMILES string of the molecule is Nc1ccc(OCc2cc(=O)oc3ccc4ccccc4c23)cc1. The Bertz CT molecular complexity index is 1080. The number of anilines is 1. The third-order valence-corrected chi connectivity index (χ3v) is 3.99. The molecule has 0 aliphatic rings. The van der Waals surface area contributed by atoms with Gasteiger partial charge in [-0.2, -0.15) is 0 Å². The van der Waals surface area contributed by atoms with E-state index in [-0.39, 0.29) is 12.2 Å². The Balaban J connectivity index is 1.82. The molecule has 0 aliphatic heterocycles. The lowest BCUT2D eigenvalue weighted by Crippen LogP contribution is -2.04. The highest BCUT2D eigenvalue weighted by Crippen LogP contribution is 2.28. The van der Waals surface area contributed by atoms with E-state index in [9.17, 15) is 4.79 Å². The predicted octanol–water partition coefficient (Wildman–Crippen LogP) is 4.11. The molecule has 0 fully saturated rings. The first-order valence-corrected chi connectivity index (χ1v) is 7.63. The van der Waals surface area contributed by atoms with Crippen LogP contribution in [0.5, 0.6) is 5.75 Å². The van der Waals surface area contributed by atoms with Gasteiger partial charge < -0.3 is 14.9 Å². The first-order valence-electron chi connectivity index (χ1n) is 7.63. The van der Waals surface area contributed by atoms with Gasteiger partial charge in [0.05, 0.1) is 0 Å². The van der Waals surface area contributed by atoms with E-state index in [1.54, 1.807) is 24.3 Å². The topological polar surface area (TPSA) is 65.5 Å². The summed E-state index contributed by atoms with van der Waals surface area (Å²) >= 11 is 0. The predicted molar refractivity (Wildman–Crippen MR) is 95.2 cm³/mol. The summed E-state index contributed by atoms with van der Waals surface area (Å²) in [5.74, 6) is 0.700. The molecule has 4 aromatic rings. The van der Waals surface area contributed by atoms with Crippen LogP contribution in [0.1, 0.15) is 5.56 Å². The molecule has 0 amide bonds. The average molecular weight is 317 g/mol. The lowest BCUT2D eigenvalue weighted by atomic mass is 10.0. The van der Waals surface area contributed by atoms with Gasteiger partial charge in [-0.05, 0) is 41.1 Å². The lowest BCUT2D eigenvalue weighted by molar-refractivity contribution is 0.307. The maximum Gasteiger partial charge on any atom is 0.336 e. The van der Waals surface area contributed by atoms with Gasteiger partial charge in [-0.25, -0.2) is 4.79 Å². The minimum absolute atomic E-state index is 0.278. The number of nitrogen functional groups attached to an aromatic ring is 1. The molecule has 0 unspecified atom stereocenters. The molecule has 118 valence electrons. The molecule has 2 N–H and O–H groups in total. The van der Waals surface area contributed by atoms with E-state index in [0.29, 0.717) is 17.0 Å². The molecule has 0 aliphatic carbocycles. The van der Waals surface area contributed by atoms with Gasteiger partial charge in [0.2, 0.25) is 0 Å². The summed E-state index contributed by atoms with van der Waals surface area (Å²) in [5.41, 5.74) is 7.35. The maximum absolute atomic E-state index is 11.9. The van der Waals surface area contributed by atoms with Gasteiger partial charge >= 0.3 is 5.63 Å². The zero-order valence-electron chi connectivity index (χ0n) is 12.9. The van der Waals surface area contributed by atoms with Crippen LogP contribution in [-0.4, -0.2) is 0 Å². The van der Waals surface area contributed by atoms with Gasteiger partial charge in [-0.3, -0.25) is 0 Å². The molecule has 0 spiro atoms. The first kappa shape index (κ1) is 14.3. The second-order valence-corrected chi connectivity index (χ2v) is 5.61. The Morgan fingerprint density at radius 3 is 2.58 bits per heavy atom. The third kappa shape index (κ3) is 2.58. The van der Waals surface area contributed by atoms with E-state index in [0.717, 1.165) is 21.7 Å². The summed E-state index contributed by atoms with van der Waals surface area (Å²) in [6, 6.07) is 20.4. The van der Waals surface area contributed by atoms with Gasteiger partial charge in [0.1, 0.15) is 17.9 Å². The average Bonchev–Trinajstić information content (AvgIpc) is 2.60. The summed E-state index contributed by atoms with van der Waals surface area (Å²) in [6.45, 7) is 0.278. The summed E-state index contributed by atoms with van der Waals surface area (Å²) in [4.78, 5) is 11.9. The van der Waals surface area contributed by atoms with Crippen molar-refractivity contribution in [2.75, 3.05) is 5.73 Å². The summed E-state index contributed by atoms with van der Waals surface area (Å²) in [7, 11) is 0. The molecule has 0 saturated heterocycles. The molecule has 1 aromatic heterocycles. The van der Waals surface area contributed by atoms with Crippen molar-refractivity contribution in [2.45, 2.75) is 6.61 Å². The van der Waals surface area contributed by atoms with Crippen LogP contribution in [-0.2, 0) is 6.61 Å². The van der Waals surface area contributed by atoms with Crippen molar-refractivity contribution < 1.29 is 9.15 Å². The molecule has 4 rings (SSSR count). The largest absolute Gasteiger partial charge is 0.489 e. The van der Waals surface area contributed by atoms with Crippen molar-refractivity contribution in [3.05, 3.63) is 82.7 Å². The Hall–Kier alpha value is -3.27. The molecule has 4 heteroatoms. The van der Waals surface area contributed by atoms with Gasteiger partial charge in [-0.15, -0.1) is 0 Å². The van der Waals surface area contributed by atoms with Crippen LogP contribution >= 0.6 is 0 Å². The molecule has 24 heavy (non-hydrogen) atoms. The smallest absolute Gasteiger partial charge is 0.336 e. The number of rotatable bonds is 3. The van der Waals surface area contributed by atoms with Crippen LogP contribution < -0.4 is 16.1 Å². The molecule has 0 radical (unpaired) electrons. The minimum Gasteiger partial charge on any atom is -0.489 e. The summed E-state index contributed by atoms with van der Waals surface area (Å²) in [6.07, 6.45) is 0. The van der Waals surface area contributed by atoms with Gasteiger partial charge in [0.15, 0.2) is 0 Å². The molecule has 1 heterocycles. The van der Waals surface area contributed by atoms with Crippen molar-refractivity contribution in [2.24, 2.45) is 0 Å². The minimum atomic E-state index is -0.381. The van der Waals surface area contributed by atoms with Crippen molar-refractivity contribution in [3.8, 4) is 5.75 Å². The van der Waals surface area contributed by atoms with Gasteiger partial charge in [-0.1, -0.05) is 30.3 Å². The number of hydrogen-bond acceptors (Lipinski definition) is 4. The highest BCUT2D eigenvalue weighted by Gasteiger charge is 2.10. The van der Waals surface area contributed by atoms with Crippen LogP contribution in [0.4, 0.5) is 5.69 Å². The van der Waals surface area contributed by atoms with Gasteiger partial charge in [0.25, 0.3) is 0 Å². The third-order valence-electron chi connectivity index (χ3n) is 3.99. The normalized spacial score (nSPS) is 11.0. The zero-order valence-corrected chi connectivity index (χ0v) is 12.9. The zero-order chi connectivity index (χ0) is 16.5. The molecular weight excluding hydrogens is 302 g/mol. The Kier molecular flexibility index (Phi) is 3.43. The number of ether oxygens (including phenoxy) is 1. The van der Waals surface area contributed by atoms with E-state index in [2.05, 4.69) is 0 Å². The van der Waals surface area contributed by atoms with E-state index in [4.69, 9.17) is 14.9 Å². The van der Waals surface area contributed by atoms with E-state index < -0.39 is 0 Å². The van der Waals surface area contributed by atoms with Crippen LogP contribution in [0.2, 0.25) is 0 Å². The van der Waals surface area contributed by atoms with E-state index in [1.807, 2.05) is 36.4 Å². The monoisotopic (exact) mass is 317 g/mol. The first-order chi connectivity index (χ1) is 11.7. The fraction of sp³-hybridized carbons (Fsp3) is 0.0500. The van der Waals surface area contributed by atoms with Crippen molar-refractivity contribution >= 4 is 27.4 Å². The lowest BCUT2D eigenvalue weighted by Gasteiger charge is -2.10. The van der Waals surface area contributed by atoms with E-state index >= 15 is 0 Å². The highest BCUT2D eigenvalue weighted by molar-refractivity contribution is 6.06. The van der Waals surface area contributed by atoms with Crippen molar-refractivity contribution in [1.29, 1.82) is 0 Å². The van der Waals surface area contributed by atoms with E-state index in [1.165, 1.54) is 6.07 Å². The fourth-order valence-corrected chi connectivity index (χ4v) is 2.86. The van der Waals surface area contributed by atoms with Crippen LogP contribution in [0.3, 0.4) is 0 Å². The number of fused-ring (bicyclic) bond motifs is 3. The highest BCUT2D eigenvalue weighted by atomic mass is 16.5.